The monoisotopic (exact) mass is 191 g/mol. The fraction of sp³-hybridized carbons (Fsp3) is 0.500. The molecular weight excluding hydrogens is 174 g/mol. The van der Waals surface area contributed by atoms with Gasteiger partial charge in [-0.15, -0.1) is 0 Å². The maximum absolute atomic E-state index is 6.07. The average Bonchev–Trinajstić information content (AvgIpc) is 2.20. The maximum Gasteiger partial charge on any atom is 0.122 e. The largest absolute Gasteiger partial charge is 0.496 e. The van der Waals surface area contributed by atoms with Gasteiger partial charge < -0.3 is 10.5 Å². The molecule has 1 aliphatic rings. The van der Waals surface area contributed by atoms with Crippen LogP contribution in [0, 0.1) is 6.92 Å². The van der Waals surface area contributed by atoms with Crippen LogP contribution in [-0.4, -0.2) is 7.11 Å². The molecule has 0 aromatic heterocycles. The number of nitrogens with two attached hydrogens (primary N) is 1. The second-order valence-electron chi connectivity index (χ2n) is 3.96. The molecular formula is C12H17NO. The second kappa shape index (κ2) is 3.62. The van der Waals surface area contributed by atoms with Crippen molar-refractivity contribution in [1.29, 1.82) is 0 Å². The molecule has 0 bridgehead atoms. The highest BCUT2D eigenvalue weighted by Gasteiger charge is 2.19. The summed E-state index contributed by atoms with van der Waals surface area (Å²) in [6, 6.07) is 4.37. The predicted molar refractivity (Wildman–Crippen MR) is 57.6 cm³/mol. The Labute approximate surface area is 85.1 Å². The highest BCUT2D eigenvalue weighted by Crippen LogP contribution is 2.34. The number of methoxy groups -OCH3 is 1. The fourth-order valence-corrected chi connectivity index (χ4v) is 2.31. The summed E-state index contributed by atoms with van der Waals surface area (Å²) in [5, 5.41) is 0. The molecule has 1 aliphatic carbocycles. The smallest absolute Gasteiger partial charge is 0.122 e. The van der Waals surface area contributed by atoms with E-state index in [1.165, 1.54) is 23.1 Å². The molecule has 0 aliphatic heterocycles. The molecule has 76 valence electrons. The van der Waals surface area contributed by atoms with Crippen LogP contribution in [0.3, 0.4) is 0 Å². The van der Waals surface area contributed by atoms with E-state index < -0.39 is 0 Å². The molecule has 1 aromatic carbocycles. The van der Waals surface area contributed by atoms with Crippen LogP contribution in [-0.2, 0) is 6.42 Å². The van der Waals surface area contributed by atoms with E-state index in [0.717, 1.165) is 18.6 Å². The molecule has 0 saturated carbocycles. The van der Waals surface area contributed by atoms with E-state index >= 15 is 0 Å². The highest BCUT2D eigenvalue weighted by atomic mass is 16.5. The van der Waals surface area contributed by atoms with Crippen LogP contribution in [0.1, 0.15) is 35.6 Å². The SMILES string of the molecule is COc1ccc2c(c1C)CCC[C@H]2N. The second-order valence-corrected chi connectivity index (χ2v) is 3.96. The molecule has 2 heteroatoms. The number of ether oxygens (including phenoxy) is 1. The molecule has 0 unspecified atom stereocenters. The van der Waals surface area contributed by atoms with Crippen molar-refractivity contribution >= 4 is 0 Å². The number of hydrogen-bond acceptors (Lipinski definition) is 2. The molecule has 0 saturated heterocycles. The average molecular weight is 191 g/mol. The van der Waals surface area contributed by atoms with Gasteiger partial charge in [0.2, 0.25) is 0 Å². The summed E-state index contributed by atoms with van der Waals surface area (Å²) in [6.45, 7) is 2.12. The summed E-state index contributed by atoms with van der Waals surface area (Å²) in [6.07, 6.45) is 3.45. The Hall–Kier alpha value is -1.02. The number of benzene rings is 1. The van der Waals surface area contributed by atoms with Gasteiger partial charge in [-0.2, -0.15) is 0 Å². The van der Waals surface area contributed by atoms with Crippen LogP contribution in [0.25, 0.3) is 0 Å². The van der Waals surface area contributed by atoms with Crippen LogP contribution >= 0.6 is 0 Å². The zero-order valence-electron chi connectivity index (χ0n) is 8.84. The van der Waals surface area contributed by atoms with Crippen molar-refractivity contribution in [3.05, 3.63) is 28.8 Å². The van der Waals surface area contributed by atoms with Crippen LogP contribution in [0.2, 0.25) is 0 Å². The number of fused-ring (bicyclic) bond motifs is 1. The highest BCUT2D eigenvalue weighted by molar-refractivity contribution is 5.46. The van der Waals surface area contributed by atoms with Crippen LogP contribution in [0.5, 0.6) is 5.75 Å². The third kappa shape index (κ3) is 1.40. The lowest BCUT2D eigenvalue weighted by atomic mass is 9.85. The van der Waals surface area contributed by atoms with Crippen molar-refractivity contribution in [2.45, 2.75) is 32.2 Å². The van der Waals surface area contributed by atoms with Gasteiger partial charge in [0.05, 0.1) is 7.11 Å². The molecule has 0 amide bonds. The zero-order chi connectivity index (χ0) is 10.1. The first kappa shape index (κ1) is 9.53. The summed E-state index contributed by atoms with van der Waals surface area (Å²) >= 11 is 0. The summed E-state index contributed by atoms with van der Waals surface area (Å²) in [5.41, 5.74) is 10.1. The van der Waals surface area contributed by atoms with Crippen molar-refractivity contribution in [3.8, 4) is 5.75 Å². The van der Waals surface area contributed by atoms with E-state index in [9.17, 15) is 0 Å². The summed E-state index contributed by atoms with van der Waals surface area (Å²) in [4.78, 5) is 0. The summed E-state index contributed by atoms with van der Waals surface area (Å²) < 4.78 is 5.31. The van der Waals surface area contributed by atoms with Gasteiger partial charge in [-0.05, 0) is 48.9 Å². The van der Waals surface area contributed by atoms with E-state index in [4.69, 9.17) is 10.5 Å². The Kier molecular flexibility index (Phi) is 2.46. The Morgan fingerprint density at radius 2 is 2.21 bits per heavy atom. The van der Waals surface area contributed by atoms with Crippen molar-refractivity contribution in [2.75, 3.05) is 7.11 Å². The molecule has 2 nitrogen and oxygen atoms in total. The van der Waals surface area contributed by atoms with Crippen molar-refractivity contribution in [2.24, 2.45) is 5.73 Å². The molecule has 2 rings (SSSR count). The Morgan fingerprint density at radius 1 is 1.43 bits per heavy atom. The standard InChI is InChI=1S/C12H17NO/c1-8-9-4-3-5-11(13)10(9)6-7-12(8)14-2/h6-7,11H,3-5,13H2,1-2H3/t11-/m1/s1. The van der Waals surface area contributed by atoms with E-state index in [1.807, 2.05) is 6.07 Å². The van der Waals surface area contributed by atoms with Crippen molar-refractivity contribution in [3.63, 3.8) is 0 Å². The molecule has 0 heterocycles. The fourth-order valence-electron chi connectivity index (χ4n) is 2.31. The molecule has 2 N–H and O–H groups in total. The molecule has 1 aromatic rings. The minimum atomic E-state index is 0.225. The van der Waals surface area contributed by atoms with Crippen molar-refractivity contribution < 1.29 is 4.74 Å². The first-order valence-electron chi connectivity index (χ1n) is 5.16. The van der Waals surface area contributed by atoms with Gasteiger partial charge in [-0.3, -0.25) is 0 Å². The number of rotatable bonds is 1. The molecule has 14 heavy (non-hydrogen) atoms. The van der Waals surface area contributed by atoms with Gasteiger partial charge in [0.1, 0.15) is 5.75 Å². The van der Waals surface area contributed by atoms with Gasteiger partial charge in [0.15, 0.2) is 0 Å². The molecule has 1 atom stereocenters. The lowest BCUT2D eigenvalue weighted by Crippen LogP contribution is -2.18. The van der Waals surface area contributed by atoms with E-state index in [2.05, 4.69) is 13.0 Å². The van der Waals surface area contributed by atoms with Gasteiger partial charge in [0, 0.05) is 6.04 Å². The Bertz CT molecular complexity index is 346. The first-order valence-corrected chi connectivity index (χ1v) is 5.16. The third-order valence-electron chi connectivity index (χ3n) is 3.15. The van der Waals surface area contributed by atoms with Gasteiger partial charge in [-0.25, -0.2) is 0 Å². The maximum atomic E-state index is 6.07. The van der Waals surface area contributed by atoms with Gasteiger partial charge in [-0.1, -0.05) is 6.07 Å². The topological polar surface area (TPSA) is 35.2 Å². The zero-order valence-corrected chi connectivity index (χ0v) is 8.84. The minimum Gasteiger partial charge on any atom is -0.496 e. The van der Waals surface area contributed by atoms with Gasteiger partial charge >= 0.3 is 0 Å². The lowest BCUT2D eigenvalue weighted by Gasteiger charge is -2.24. The Balaban J connectivity index is 2.52. The van der Waals surface area contributed by atoms with Gasteiger partial charge in [0.25, 0.3) is 0 Å². The Morgan fingerprint density at radius 3 is 2.93 bits per heavy atom. The molecule has 0 fully saturated rings. The third-order valence-corrected chi connectivity index (χ3v) is 3.15. The van der Waals surface area contributed by atoms with E-state index in [-0.39, 0.29) is 6.04 Å². The van der Waals surface area contributed by atoms with Crippen LogP contribution in [0.4, 0.5) is 0 Å². The first-order chi connectivity index (χ1) is 6.74. The molecule has 0 spiro atoms. The summed E-state index contributed by atoms with van der Waals surface area (Å²) in [5.74, 6) is 0.984. The van der Waals surface area contributed by atoms with Crippen LogP contribution < -0.4 is 10.5 Å². The molecule has 0 radical (unpaired) electrons. The number of hydrogen-bond donors (Lipinski definition) is 1. The normalized spacial score (nSPS) is 20.4. The predicted octanol–water partition coefficient (Wildman–Crippen LogP) is 2.34. The quantitative estimate of drug-likeness (QED) is 0.739. The lowest BCUT2D eigenvalue weighted by molar-refractivity contribution is 0.409. The van der Waals surface area contributed by atoms with Crippen molar-refractivity contribution in [1.82, 2.24) is 0 Å². The van der Waals surface area contributed by atoms with E-state index in [0.29, 0.717) is 0 Å². The minimum absolute atomic E-state index is 0.225. The van der Waals surface area contributed by atoms with Crippen LogP contribution in [0.15, 0.2) is 12.1 Å². The van der Waals surface area contributed by atoms with E-state index in [1.54, 1.807) is 7.11 Å². The summed E-state index contributed by atoms with van der Waals surface area (Å²) in [7, 11) is 1.72.